The zero-order valence-corrected chi connectivity index (χ0v) is 16.2. The summed E-state index contributed by atoms with van der Waals surface area (Å²) in [5, 5.41) is 0. The second-order valence-corrected chi connectivity index (χ2v) is 6.17. The zero-order chi connectivity index (χ0) is 20.0. The molecule has 0 bridgehead atoms. The van der Waals surface area contributed by atoms with E-state index < -0.39 is 11.5 Å². The van der Waals surface area contributed by atoms with Crippen LogP contribution in [0.4, 0.5) is 0 Å². The van der Waals surface area contributed by atoms with E-state index in [1.165, 1.54) is 6.20 Å². The number of aromatic nitrogens is 2. The standard InChI is InChI=1S/C19H25N3O5/c1-12(11-25-3)22(19(24)17-9-20-13(2)21-18(17)23)10-14-6-15(26-4)8-16(7-14)27-5/h6-9,12H,10-11H2,1-5H3,(H,20,21,23)/t12-/m0/s1. The number of rotatable bonds is 8. The lowest BCUT2D eigenvalue weighted by molar-refractivity contribution is 0.0539. The largest absolute Gasteiger partial charge is 0.497 e. The second kappa shape index (κ2) is 9.18. The van der Waals surface area contributed by atoms with Crippen molar-refractivity contribution in [2.45, 2.75) is 26.4 Å². The Hall–Kier alpha value is -2.87. The number of benzene rings is 1. The van der Waals surface area contributed by atoms with E-state index in [-0.39, 0.29) is 18.2 Å². The summed E-state index contributed by atoms with van der Waals surface area (Å²) in [7, 11) is 4.69. The number of hydrogen-bond acceptors (Lipinski definition) is 6. The van der Waals surface area contributed by atoms with Crippen LogP contribution in [0.15, 0.2) is 29.2 Å². The van der Waals surface area contributed by atoms with Gasteiger partial charge in [-0.15, -0.1) is 0 Å². The Kier molecular flexibility index (Phi) is 6.95. The van der Waals surface area contributed by atoms with Gasteiger partial charge in [-0.3, -0.25) is 9.59 Å². The fourth-order valence-electron chi connectivity index (χ4n) is 2.70. The Balaban J connectivity index is 2.40. The quantitative estimate of drug-likeness (QED) is 0.756. The molecule has 1 atom stereocenters. The van der Waals surface area contributed by atoms with Gasteiger partial charge in [-0.25, -0.2) is 4.98 Å². The molecule has 8 nitrogen and oxygen atoms in total. The first-order valence-electron chi connectivity index (χ1n) is 8.47. The first-order chi connectivity index (χ1) is 12.9. The van der Waals surface area contributed by atoms with Crippen LogP contribution in [0.2, 0.25) is 0 Å². The molecule has 0 aliphatic heterocycles. The highest BCUT2D eigenvalue weighted by Crippen LogP contribution is 2.24. The number of H-pyrrole nitrogens is 1. The first kappa shape index (κ1) is 20.4. The van der Waals surface area contributed by atoms with Gasteiger partial charge in [0, 0.05) is 25.9 Å². The topological polar surface area (TPSA) is 93.8 Å². The number of methoxy groups -OCH3 is 3. The molecule has 1 amide bonds. The minimum atomic E-state index is -0.467. The van der Waals surface area contributed by atoms with E-state index >= 15 is 0 Å². The average molecular weight is 375 g/mol. The van der Waals surface area contributed by atoms with Crippen molar-refractivity contribution >= 4 is 5.91 Å². The van der Waals surface area contributed by atoms with Crippen LogP contribution in [-0.2, 0) is 11.3 Å². The average Bonchev–Trinajstić information content (AvgIpc) is 2.65. The molecule has 0 aliphatic carbocycles. The van der Waals surface area contributed by atoms with Crippen molar-refractivity contribution in [3.8, 4) is 11.5 Å². The molecule has 0 spiro atoms. The van der Waals surface area contributed by atoms with Crippen LogP contribution in [0, 0.1) is 6.92 Å². The minimum Gasteiger partial charge on any atom is -0.497 e. The molecule has 1 aromatic carbocycles. The maximum atomic E-state index is 13.1. The number of aromatic amines is 1. The molecule has 146 valence electrons. The summed E-state index contributed by atoms with van der Waals surface area (Å²) >= 11 is 0. The van der Waals surface area contributed by atoms with Crippen LogP contribution in [0.5, 0.6) is 11.5 Å². The van der Waals surface area contributed by atoms with Crippen LogP contribution >= 0.6 is 0 Å². The van der Waals surface area contributed by atoms with E-state index in [1.807, 2.05) is 19.1 Å². The van der Waals surface area contributed by atoms with Crippen LogP contribution in [-0.4, -0.2) is 54.8 Å². The molecule has 0 saturated heterocycles. The van der Waals surface area contributed by atoms with Gasteiger partial charge in [0.25, 0.3) is 11.5 Å². The van der Waals surface area contributed by atoms with E-state index in [2.05, 4.69) is 9.97 Å². The van der Waals surface area contributed by atoms with Crippen LogP contribution in [0.1, 0.15) is 28.7 Å². The molecule has 1 N–H and O–H groups in total. The fraction of sp³-hybridized carbons (Fsp3) is 0.421. The monoisotopic (exact) mass is 375 g/mol. The fourth-order valence-corrected chi connectivity index (χ4v) is 2.70. The van der Waals surface area contributed by atoms with Crippen molar-refractivity contribution < 1.29 is 19.0 Å². The van der Waals surface area contributed by atoms with E-state index in [0.29, 0.717) is 23.9 Å². The summed E-state index contributed by atoms with van der Waals surface area (Å²) in [5.74, 6) is 1.26. The predicted octanol–water partition coefficient (Wildman–Crippen LogP) is 1.77. The molecule has 0 saturated carbocycles. The van der Waals surface area contributed by atoms with E-state index in [9.17, 15) is 9.59 Å². The van der Waals surface area contributed by atoms with Gasteiger partial charge in [-0.05, 0) is 31.5 Å². The van der Waals surface area contributed by atoms with Gasteiger partial charge in [0.1, 0.15) is 22.9 Å². The summed E-state index contributed by atoms with van der Waals surface area (Å²) in [6, 6.07) is 5.13. The molecule has 0 fully saturated rings. The van der Waals surface area contributed by atoms with Crippen LogP contribution < -0.4 is 15.0 Å². The van der Waals surface area contributed by atoms with Crippen molar-refractivity contribution in [2.75, 3.05) is 27.9 Å². The maximum absolute atomic E-state index is 13.1. The normalized spacial score (nSPS) is 11.7. The third kappa shape index (κ3) is 5.07. The molecule has 1 heterocycles. The molecule has 0 unspecified atom stereocenters. The molecule has 0 radical (unpaired) electrons. The summed E-state index contributed by atoms with van der Waals surface area (Å²) in [5.41, 5.74) is 0.322. The lowest BCUT2D eigenvalue weighted by atomic mass is 10.1. The SMILES string of the molecule is COC[C@H](C)N(Cc1cc(OC)cc(OC)c1)C(=O)c1cnc(C)[nH]c1=O. The van der Waals surface area contributed by atoms with Gasteiger partial charge in [-0.2, -0.15) is 0 Å². The Bertz CT molecular complexity index is 827. The second-order valence-electron chi connectivity index (χ2n) is 6.17. The number of nitrogens with zero attached hydrogens (tertiary/aromatic N) is 2. The molecule has 8 heteroatoms. The highest BCUT2D eigenvalue weighted by molar-refractivity contribution is 5.93. The Morgan fingerprint density at radius 1 is 1.19 bits per heavy atom. The van der Waals surface area contributed by atoms with Crippen molar-refractivity contribution in [3.63, 3.8) is 0 Å². The van der Waals surface area contributed by atoms with E-state index in [4.69, 9.17) is 14.2 Å². The number of nitrogens with one attached hydrogen (secondary N) is 1. The number of carbonyl (C=O) groups is 1. The Morgan fingerprint density at radius 2 is 1.81 bits per heavy atom. The Labute approximate surface area is 158 Å². The number of carbonyl (C=O) groups excluding carboxylic acids is 1. The number of ether oxygens (including phenoxy) is 3. The molecule has 27 heavy (non-hydrogen) atoms. The molecular weight excluding hydrogens is 350 g/mol. The smallest absolute Gasteiger partial charge is 0.263 e. The van der Waals surface area contributed by atoms with Gasteiger partial charge >= 0.3 is 0 Å². The van der Waals surface area contributed by atoms with Gasteiger partial charge < -0.3 is 24.1 Å². The van der Waals surface area contributed by atoms with Crippen molar-refractivity contribution in [1.82, 2.24) is 14.9 Å². The van der Waals surface area contributed by atoms with Crippen molar-refractivity contribution in [1.29, 1.82) is 0 Å². The molecule has 1 aromatic heterocycles. The Morgan fingerprint density at radius 3 is 2.33 bits per heavy atom. The first-order valence-corrected chi connectivity index (χ1v) is 8.47. The van der Waals surface area contributed by atoms with Crippen LogP contribution in [0.3, 0.4) is 0 Å². The van der Waals surface area contributed by atoms with E-state index in [1.54, 1.807) is 39.2 Å². The molecule has 2 rings (SSSR count). The maximum Gasteiger partial charge on any atom is 0.263 e. The summed E-state index contributed by atoms with van der Waals surface area (Å²) in [6.07, 6.45) is 1.30. The van der Waals surface area contributed by atoms with Gasteiger partial charge in [-0.1, -0.05) is 0 Å². The third-order valence-corrected chi connectivity index (χ3v) is 4.12. The van der Waals surface area contributed by atoms with Crippen LogP contribution in [0.25, 0.3) is 0 Å². The summed E-state index contributed by atoms with van der Waals surface area (Å²) < 4.78 is 15.8. The van der Waals surface area contributed by atoms with Gasteiger partial charge in [0.2, 0.25) is 0 Å². The number of hydrogen-bond donors (Lipinski definition) is 1. The zero-order valence-electron chi connectivity index (χ0n) is 16.2. The summed E-state index contributed by atoms with van der Waals surface area (Å²) in [6.45, 7) is 4.09. The number of aryl methyl sites for hydroxylation is 1. The van der Waals surface area contributed by atoms with Crippen molar-refractivity contribution in [2.24, 2.45) is 0 Å². The highest BCUT2D eigenvalue weighted by Gasteiger charge is 2.25. The number of amides is 1. The summed E-state index contributed by atoms with van der Waals surface area (Å²) in [4.78, 5) is 33.4. The molecule has 0 aliphatic rings. The third-order valence-electron chi connectivity index (χ3n) is 4.12. The predicted molar refractivity (Wildman–Crippen MR) is 100 cm³/mol. The van der Waals surface area contributed by atoms with Crippen molar-refractivity contribution in [3.05, 3.63) is 51.7 Å². The van der Waals surface area contributed by atoms with E-state index in [0.717, 1.165) is 5.56 Å². The molecule has 2 aromatic rings. The lowest BCUT2D eigenvalue weighted by Crippen LogP contribution is -2.42. The van der Waals surface area contributed by atoms with Gasteiger partial charge in [0.05, 0.1) is 26.9 Å². The molecular formula is C19H25N3O5. The lowest BCUT2D eigenvalue weighted by Gasteiger charge is -2.29. The highest BCUT2D eigenvalue weighted by atomic mass is 16.5. The minimum absolute atomic E-state index is 0.0154. The van der Waals surface area contributed by atoms with Gasteiger partial charge in [0.15, 0.2) is 0 Å².